The number of nitrogens with one attached hydrogen (secondary N) is 1. The number of carbonyl (C=O) groups excluding carboxylic acids is 1. The number of anilines is 1. The van der Waals surface area contributed by atoms with Crippen LogP contribution in [0.2, 0.25) is 0 Å². The predicted molar refractivity (Wildman–Crippen MR) is 93.9 cm³/mol. The Morgan fingerprint density at radius 2 is 1.72 bits per heavy atom. The van der Waals surface area contributed by atoms with Gasteiger partial charge in [0.25, 0.3) is 0 Å². The number of benzene rings is 2. The number of carbonyl (C=O) groups is 1. The van der Waals surface area contributed by atoms with Crippen molar-refractivity contribution in [3.8, 4) is 17.4 Å². The molecule has 0 spiro atoms. The van der Waals surface area contributed by atoms with Crippen LogP contribution in [0, 0.1) is 0 Å². The maximum atomic E-state index is 12.1. The molecule has 0 aliphatic heterocycles. The molecular formula is C19H17N3O3. The van der Waals surface area contributed by atoms with Crippen molar-refractivity contribution >= 4 is 11.6 Å². The Hall–Kier alpha value is -3.41. The van der Waals surface area contributed by atoms with E-state index in [1.807, 2.05) is 24.3 Å². The van der Waals surface area contributed by atoms with Gasteiger partial charge in [-0.25, -0.2) is 4.98 Å². The summed E-state index contributed by atoms with van der Waals surface area (Å²) in [6, 6.07) is 14.5. The van der Waals surface area contributed by atoms with Crippen molar-refractivity contribution in [2.45, 2.75) is 6.42 Å². The van der Waals surface area contributed by atoms with Gasteiger partial charge in [0.15, 0.2) is 0 Å². The predicted octanol–water partition coefficient (Wildman–Crippen LogP) is 3.46. The third-order valence-corrected chi connectivity index (χ3v) is 3.42. The summed E-state index contributed by atoms with van der Waals surface area (Å²) in [6.07, 6.45) is 4.96. The van der Waals surface area contributed by atoms with Crippen molar-refractivity contribution in [3.63, 3.8) is 0 Å². The fraction of sp³-hybridized carbons (Fsp3) is 0.105. The van der Waals surface area contributed by atoms with Crippen molar-refractivity contribution in [1.82, 2.24) is 9.97 Å². The number of rotatable bonds is 6. The molecule has 1 aromatic heterocycles. The Labute approximate surface area is 145 Å². The molecule has 6 heteroatoms. The molecule has 0 fully saturated rings. The van der Waals surface area contributed by atoms with E-state index in [1.54, 1.807) is 43.8 Å². The van der Waals surface area contributed by atoms with Gasteiger partial charge in [0.05, 0.1) is 19.7 Å². The Morgan fingerprint density at radius 3 is 2.36 bits per heavy atom. The van der Waals surface area contributed by atoms with Gasteiger partial charge in [0.1, 0.15) is 11.5 Å². The summed E-state index contributed by atoms with van der Waals surface area (Å²) in [5.41, 5.74) is 1.62. The largest absolute Gasteiger partial charge is 0.497 e. The molecule has 0 atom stereocenters. The van der Waals surface area contributed by atoms with Gasteiger partial charge in [-0.2, -0.15) is 0 Å². The highest BCUT2D eigenvalue weighted by Crippen LogP contribution is 2.21. The van der Waals surface area contributed by atoms with Crippen molar-refractivity contribution < 1.29 is 14.3 Å². The summed E-state index contributed by atoms with van der Waals surface area (Å²) >= 11 is 0. The highest BCUT2D eigenvalue weighted by atomic mass is 16.5. The van der Waals surface area contributed by atoms with Crippen LogP contribution in [-0.2, 0) is 11.2 Å². The van der Waals surface area contributed by atoms with E-state index in [2.05, 4.69) is 15.3 Å². The molecule has 0 aliphatic rings. The first-order valence-electron chi connectivity index (χ1n) is 7.69. The quantitative estimate of drug-likeness (QED) is 0.747. The van der Waals surface area contributed by atoms with Crippen molar-refractivity contribution in [1.29, 1.82) is 0 Å². The normalized spacial score (nSPS) is 10.1. The summed E-state index contributed by atoms with van der Waals surface area (Å²) in [7, 11) is 1.61. The van der Waals surface area contributed by atoms with Gasteiger partial charge in [0, 0.05) is 18.1 Å². The van der Waals surface area contributed by atoms with Crippen molar-refractivity contribution in [3.05, 3.63) is 72.7 Å². The average molecular weight is 335 g/mol. The van der Waals surface area contributed by atoms with Gasteiger partial charge in [-0.3, -0.25) is 9.78 Å². The Kier molecular flexibility index (Phi) is 5.21. The number of nitrogens with zero attached hydrogens (tertiary/aromatic N) is 2. The van der Waals surface area contributed by atoms with Gasteiger partial charge >= 0.3 is 0 Å². The zero-order valence-electron chi connectivity index (χ0n) is 13.7. The molecule has 25 heavy (non-hydrogen) atoms. The molecule has 0 saturated heterocycles. The van der Waals surface area contributed by atoms with Crippen LogP contribution >= 0.6 is 0 Å². The summed E-state index contributed by atoms with van der Waals surface area (Å²) in [6.45, 7) is 0. The monoisotopic (exact) mass is 335 g/mol. The third-order valence-electron chi connectivity index (χ3n) is 3.42. The molecule has 3 aromatic rings. The molecule has 0 radical (unpaired) electrons. The lowest BCUT2D eigenvalue weighted by molar-refractivity contribution is -0.115. The zero-order valence-corrected chi connectivity index (χ0v) is 13.7. The van der Waals surface area contributed by atoms with Gasteiger partial charge in [-0.1, -0.05) is 12.1 Å². The van der Waals surface area contributed by atoms with Crippen LogP contribution in [0.3, 0.4) is 0 Å². The third kappa shape index (κ3) is 4.78. The Bertz CT molecular complexity index is 819. The van der Waals surface area contributed by atoms with E-state index < -0.39 is 0 Å². The van der Waals surface area contributed by atoms with Gasteiger partial charge in [-0.05, 0) is 42.0 Å². The number of methoxy groups -OCH3 is 1. The molecule has 0 aliphatic carbocycles. The summed E-state index contributed by atoms with van der Waals surface area (Å²) < 4.78 is 10.7. The number of aromatic nitrogens is 2. The second-order valence-electron chi connectivity index (χ2n) is 5.24. The minimum Gasteiger partial charge on any atom is -0.497 e. The van der Waals surface area contributed by atoms with Crippen LogP contribution in [0.5, 0.6) is 17.4 Å². The van der Waals surface area contributed by atoms with E-state index in [4.69, 9.17) is 9.47 Å². The van der Waals surface area contributed by atoms with E-state index in [0.717, 1.165) is 11.3 Å². The maximum absolute atomic E-state index is 12.1. The standard InChI is InChI=1S/C19H17N3O3/c1-24-16-6-2-14(3-7-16)12-18(23)22-15-4-8-17(9-5-15)25-19-13-20-10-11-21-19/h2-11,13H,12H2,1H3,(H,22,23). The molecule has 126 valence electrons. The van der Waals surface area contributed by atoms with Gasteiger partial charge < -0.3 is 14.8 Å². The summed E-state index contributed by atoms with van der Waals surface area (Å²) in [5, 5.41) is 2.86. The van der Waals surface area contributed by atoms with Gasteiger partial charge in [-0.15, -0.1) is 0 Å². The molecule has 0 bridgehead atoms. The molecule has 0 unspecified atom stereocenters. The molecule has 1 N–H and O–H groups in total. The van der Waals surface area contributed by atoms with Crippen LogP contribution in [0.25, 0.3) is 0 Å². The maximum Gasteiger partial charge on any atom is 0.237 e. The van der Waals surface area contributed by atoms with E-state index in [0.29, 0.717) is 23.7 Å². The second-order valence-corrected chi connectivity index (χ2v) is 5.24. The zero-order chi connectivity index (χ0) is 17.5. The minimum atomic E-state index is -0.0900. The average Bonchev–Trinajstić information content (AvgIpc) is 2.65. The Balaban J connectivity index is 1.56. The minimum absolute atomic E-state index is 0.0900. The molecule has 0 saturated carbocycles. The first kappa shape index (κ1) is 16.4. The highest BCUT2D eigenvalue weighted by Gasteiger charge is 2.05. The fourth-order valence-electron chi connectivity index (χ4n) is 2.20. The lowest BCUT2D eigenvalue weighted by Crippen LogP contribution is -2.14. The first-order chi connectivity index (χ1) is 12.2. The fourth-order valence-corrected chi connectivity index (χ4v) is 2.20. The molecule has 6 nitrogen and oxygen atoms in total. The van der Waals surface area contributed by atoms with Crippen LogP contribution in [0.15, 0.2) is 67.1 Å². The Morgan fingerprint density at radius 1 is 1.00 bits per heavy atom. The number of amides is 1. The summed E-state index contributed by atoms with van der Waals surface area (Å²) in [5.74, 6) is 1.71. The van der Waals surface area contributed by atoms with Gasteiger partial charge in [0.2, 0.25) is 11.8 Å². The highest BCUT2D eigenvalue weighted by molar-refractivity contribution is 5.92. The topological polar surface area (TPSA) is 73.3 Å². The van der Waals surface area contributed by atoms with E-state index >= 15 is 0 Å². The van der Waals surface area contributed by atoms with Crippen LogP contribution in [0.4, 0.5) is 5.69 Å². The SMILES string of the molecule is COc1ccc(CC(=O)Nc2ccc(Oc3cnccn3)cc2)cc1. The van der Waals surface area contributed by atoms with Crippen molar-refractivity contribution in [2.75, 3.05) is 12.4 Å². The second kappa shape index (κ2) is 7.92. The number of hydrogen-bond donors (Lipinski definition) is 1. The summed E-state index contributed by atoms with van der Waals surface area (Å²) in [4.78, 5) is 20.1. The van der Waals surface area contributed by atoms with Crippen LogP contribution < -0.4 is 14.8 Å². The molecule has 1 heterocycles. The van der Waals surface area contributed by atoms with Crippen molar-refractivity contribution in [2.24, 2.45) is 0 Å². The molecular weight excluding hydrogens is 318 g/mol. The number of hydrogen-bond acceptors (Lipinski definition) is 5. The first-order valence-corrected chi connectivity index (χ1v) is 7.69. The lowest BCUT2D eigenvalue weighted by Gasteiger charge is -2.08. The molecule has 2 aromatic carbocycles. The van der Waals surface area contributed by atoms with Crippen LogP contribution in [0.1, 0.15) is 5.56 Å². The molecule has 3 rings (SSSR count). The van der Waals surface area contributed by atoms with E-state index in [1.165, 1.54) is 6.20 Å². The van der Waals surface area contributed by atoms with Crippen LogP contribution in [-0.4, -0.2) is 23.0 Å². The lowest BCUT2D eigenvalue weighted by atomic mass is 10.1. The van der Waals surface area contributed by atoms with E-state index in [9.17, 15) is 4.79 Å². The number of ether oxygens (including phenoxy) is 2. The van der Waals surface area contributed by atoms with E-state index in [-0.39, 0.29) is 5.91 Å². The molecule has 1 amide bonds. The smallest absolute Gasteiger partial charge is 0.237 e.